The van der Waals surface area contributed by atoms with Gasteiger partial charge in [0.2, 0.25) is 0 Å². The van der Waals surface area contributed by atoms with Crippen LogP contribution in [0.15, 0.2) is 16.6 Å². The molecular weight excluding hydrogens is 253 g/mol. The van der Waals surface area contributed by atoms with Crippen molar-refractivity contribution in [2.24, 2.45) is 5.73 Å². The summed E-state index contributed by atoms with van der Waals surface area (Å²) >= 11 is 2.94. The van der Waals surface area contributed by atoms with E-state index in [-0.39, 0.29) is 17.5 Å². The Balaban J connectivity index is 3.04. The van der Waals surface area contributed by atoms with E-state index in [1.807, 2.05) is 0 Å². The second-order valence-electron chi connectivity index (χ2n) is 2.92. The Labute approximate surface area is 89.5 Å². The molecule has 5 heteroatoms. The van der Waals surface area contributed by atoms with Gasteiger partial charge in [-0.3, -0.25) is 0 Å². The Morgan fingerprint density at radius 3 is 2.71 bits per heavy atom. The van der Waals surface area contributed by atoms with Crippen molar-refractivity contribution in [2.45, 2.75) is 12.5 Å². The highest BCUT2D eigenvalue weighted by molar-refractivity contribution is 9.10. The molecule has 0 aliphatic carbocycles. The van der Waals surface area contributed by atoms with E-state index < -0.39 is 17.6 Å². The first kappa shape index (κ1) is 11.4. The fourth-order valence-corrected chi connectivity index (χ4v) is 1.47. The lowest BCUT2D eigenvalue weighted by molar-refractivity contribution is 0.275. The number of aliphatic hydroxyl groups excluding tert-OH is 1. The van der Waals surface area contributed by atoms with Crippen LogP contribution in [-0.2, 0) is 0 Å². The van der Waals surface area contributed by atoms with Gasteiger partial charge in [0, 0.05) is 18.2 Å². The van der Waals surface area contributed by atoms with E-state index in [4.69, 9.17) is 10.8 Å². The number of benzene rings is 1. The Morgan fingerprint density at radius 2 is 2.14 bits per heavy atom. The van der Waals surface area contributed by atoms with Crippen LogP contribution in [0.25, 0.3) is 0 Å². The summed E-state index contributed by atoms with van der Waals surface area (Å²) < 4.78 is 13.4. The van der Waals surface area contributed by atoms with Gasteiger partial charge in [-0.25, -0.2) is 4.39 Å². The number of hydrogen-bond acceptors (Lipinski definition) is 3. The van der Waals surface area contributed by atoms with Crippen molar-refractivity contribution < 1.29 is 14.6 Å². The third-order valence-electron chi connectivity index (χ3n) is 1.94. The second-order valence-corrected chi connectivity index (χ2v) is 3.77. The van der Waals surface area contributed by atoms with Crippen LogP contribution in [0.1, 0.15) is 18.0 Å². The van der Waals surface area contributed by atoms with Crippen LogP contribution in [0, 0.1) is 5.82 Å². The number of rotatable bonds is 3. The third-order valence-corrected chi connectivity index (χ3v) is 2.55. The van der Waals surface area contributed by atoms with Crippen LogP contribution in [0.3, 0.4) is 0 Å². The predicted molar refractivity (Wildman–Crippen MR) is 54.4 cm³/mol. The standard InChI is InChI=1S/C9H11BrFNO2/c10-6-2-1-5(7(12)3-4-13)9(14)8(6)11/h1-2,7,13-14H,3-4,12H2. The van der Waals surface area contributed by atoms with E-state index in [9.17, 15) is 9.50 Å². The zero-order valence-electron chi connectivity index (χ0n) is 7.37. The minimum absolute atomic E-state index is 0.0989. The number of phenolic OH excluding ortho intramolecular Hbond substituents is 1. The summed E-state index contributed by atoms with van der Waals surface area (Å²) in [5.74, 6) is -1.18. The maximum Gasteiger partial charge on any atom is 0.179 e. The van der Waals surface area contributed by atoms with Crippen LogP contribution in [0.2, 0.25) is 0 Å². The van der Waals surface area contributed by atoms with Crippen LogP contribution in [-0.4, -0.2) is 16.8 Å². The van der Waals surface area contributed by atoms with Crippen molar-refractivity contribution in [3.63, 3.8) is 0 Å². The molecule has 1 unspecified atom stereocenters. The lowest BCUT2D eigenvalue weighted by atomic mass is 10.0. The van der Waals surface area contributed by atoms with Crippen LogP contribution in [0.5, 0.6) is 5.75 Å². The van der Waals surface area contributed by atoms with Gasteiger partial charge in [-0.05, 0) is 28.4 Å². The predicted octanol–water partition coefficient (Wildman–Crippen LogP) is 1.68. The largest absolute Gasteiger partial charge is 0.505 e. The van der Waals surface area contributed by atoms with Gasteiger partial charge in [0.1, 0.15) is 0 Å². The number of aliphatic hydroxyl groups is 1. The normalized spacial score (nSPS) is 12.9. The first-order valence-corrected chi connectivity index (χ1v) is 4.90. The summed E-state index contributed by atoms with van der Waals surface area (Å²) in [4.78, 5) is 0. The molecule has 1 aromatic rings. The molecule has 1 atom stereocenters. The van der Waals surface area contributed by atoms with E-state index in [0.717, 1.165) is 0 Å². The molecule has 0 aliphatic heterocycles. The lowest BCUT2D eigenvalue weighted by Gasteiger charge is -2.13. The zero-order valence-corrected chi connectivity index (χ0v) is 8.96. The summed E-state index contributed by atoms with van der Waals surface area (Å²) in [6, 6.07) is 2.45. The average molecular weight is 264 g/mol. The minimum atomic E-state index is -0.726. The Bertz CT molecular complexity index is 333. The highest BCUT2D eigenvalue weighted by Gasteiger charge is 2.15. The summed E-state index contributed by atoms with van der Waals surface area (Å²) in [7, 11) is 0. The summed E-state index contributed by atoms with van der Waals surface area (Å²) in [6.07, 6.45) is 0.286. The molecule has 1 aromatic carbocycles. The van der Waals surface area contributed by atoms with Gasteiger partial charge in [-0.1, -0.05) is 6.07 Å². The van der Waals surface area contributed by atoms with Gasteiger partial charge in [-0.2, -0.15) is 0 Å². The van der Waals surface area contributed by atoms with E-state index in [1.165, 1.54) is 12.1 Å². The molecule has 0 saturated carbocycles. The number of phenols is 1. The van der Waals surface area contributed by atoms with E-state index in [1.54, 1.807) is 0 Å². The molecule has 0 radical (unpaired) electrons. The molecular formula is C9H11BrFNO2. The van der Waals surface area contributed by atoms with E-state index in [0.29, 0.717) is 5.56 Å². The Hall–Kier alpha value is -0.650. The maximum atomic E-state index is 13.2. The molecule has 0 heterocycles. The van der Waals surface area contributed by atoms with E-state index >= 15 is 0 Å². The van der Waals surface area contributed by atoms with Gasteiger partial charge in [0.05, 0.1) is 4.47 Å². The third kappa shape index (κ3) is 2.23. The average Bonchev–Trinajstić information content (AvgIpc) is 2.15. The lowest BCUT2D eigenvalue weighted by Crippen LogP contribution is -2.12. The van der Waals surface area contributed by atoms with Crippen LogP contribution < -0.4 is 5.73 Å². The smallest absolute Gasteiger partial charge is 0.179 e. The van der Waals surface area contributed by atoms with E-state index in [2.05, 4.69) is 15.9 Å². The van der Waals surface area contributed by atoms with Crippen molar-refractivity contribution >= 4 is 15.9 Å². The minimum Gasteiger partial charge on any atom is -0.505 e. The maximum absolute atomic E-state index is 13.2. The molecule has 0 amide bonds. The van der Waals surface area contributed by atoms with Crippen molar-refractivity contribution in [1.29, 1.82) is 0 Å². The first-order chi connectivity index (χ1) is 6.57. The second kappa shape index (κ2) is 4.72. The van der Waals surface area contributed by atoms with Gasteiger partial charge in [-0.15, -0.1) is 0 Å². The van der Waals surface area contributed by atoms with Crippen molar-refractivity contribution in [1.82, 2.24) is 0 Å². The quantitative estimate of drug-likeness (QED) is 0.778. The molecule has 78 valence electrons. The highest BCUT2D eigenvalue weighted by atomic mass is 79.9. The van der Waals surface area contributed by atoms with Gasteiger partial charge < -0.3 is 15.9 Å². The van der Waals surface area contributed by atoms with Crippen molar-refractivity contribution in [3.05, 3.63) is 28.0 Å². The SMILES string of the molecule is NC(CCO)c1ccc(Br)c(F)c1O. The van der Waals surface area contributed by atoms with Crippen molar-refractivity contribution in [3.8, 4) is 5.75 Å². The summed E-state index contributed by atoms with van der Waals surface area (Å²) in [6.45, 7) is -0.0989. The summed E-state index contributed by atoms with van der Waals surface area (Å²) in [5.41, 5.74) is 5.93. The summed E-state index contributed by atoms with van der Waals surface area (Å²) in [5, 5.41) is 18.1. The van der Waals surface area contributed by atoms with Crippen LogP contribution in [0.4, 0.5) is 4.39 Å². The molecule has 0 fully saturated rings. The Morgan fingerprint density at radius 1 is 1.50 bits per heavy atom. The fraction of sp³-hybridized carbons (Fsp3) is 0.333. The van der Waals surface area contributed by atoms with Gasteiger partial charge >= 0.3 is 0 Å². The highest BCUT2D eigenvalue weighted by Crippen LogP contribution is 2.31. The van der Waals surface area contributed by atoms with Gasteiger partial charge in [0.15, 0.2) is 11.6 Å². The number of aromatic hydroxyl groups is 1. The Kier molecular flexibility index (Phi) is 3.86. The number of halogens is 2. The monoisotopic (exact) mass is 263 g/mol. The molecule has 0 saturated heterocycles. The molecule has 0 spiro atoms. The molecule has 3 nitrogen and oxygen atoms in total. The van der Waals surface area contributed by atoms with Crippen LogP contribution >= 0.6 is 15.9 Å². The number of hydrogen-bond donors (Lipinski definition) is 3. The first-order valence-electron chi connectivity index (χ1n) is 4.11. The van der Waals surface area contributed by atoms with Crippen molar-refractivity contribution in [2.75, 3.05) is 6.61 Å². The molecule has 0 bridgehead atoms. The molecule has 1 rings (SSSR count). The molecule has 4 N–H and O–H groups in total. The number of nitrogens with two attached hydrogens (primary N) is 1. The van der Waals surface area contributed by atoms with Gasteiger partial charge in [0.25, 0.3) is 0 Å². The zero-order chi connectivity index (χ0) is 10.7. The molecule has 0 aliphatic rings. The molecule has 0 aromatic heterocycles. The topological polar surface area (TPSA) is 66.5 Å². The molecule has 14 heavy (non-hydrogen) atoms. The fourth-order valence-electron chi connectivity index (χ4n) is 1.15.